The second kappa shape index (κ2) is 7.06. The summed E-state index contributed by atoms with van der Waals surface area (Å²) in [6, 6.07) is 14.2. The SMILES string of the molecule is CC(=O)N(c1ccccc1)C1CC(C)N(C(=O)C(F)(F)F)c2ccccc21. The first-order chi connectivity index (χ1) is 12.7. The van der Waals surface area contributed by atoms with Crippen molar-refractivity contribution < 1.29 is 22.8 Å². The van der Waals surface area contributed by atoms with E-state index in [4.69, 9.17) is 0 Å². The van der Waals surface area contributed by atoms with Crippen molar-refractivity contribution in [2.75, 3.05) is 9.80 Å². The van der Waals surface area contributed by atoms with Crippen LogP contribution in [0.1, 0.15) is 31.9 Å². The lowest BCUT2D eigenvalue weighted by Gasteiger charge is -2.43. The maximum Gasteiger partial charge on any atom is 0.471 e. The Morgan fingerprint density at radius 2 is 1.63 bits per heavy atom. The van der Waals surface area contributed by atoms with Crippen molar-refractivity contribution in [2.45, 2.75) is 38.5 Å². The number of halogens is 3. The van der Waals surface area contributed by atoms with Gasteiger partial charge >= 0.3 is 12.1 Å². The van der Waals surface area contributed by atoms with Gasteiger partial charge in [0, 0.05) is 24.3 Å². The molecular formula is C20H19F3N2O2. The molecule has 0 aliphatic carbocycles. The Balaban J connectivity index is 2.11. The van der Waals surface area contributed by atoms with E-state index in [9.17, 15) is 22.8 Å². The van der Waals surface area contributed by atoms with Crippen LogP contribution in [0.3, 0.4) is 0 Å². The summed E-state index contributed by atoms with van der Waals surface area (Å²) in [4.78, 5) is 26.8. The standard InChI is InChI=1S/C20H19F3N2O2/c1-13-12-18(25(14(2)26)15-8-4-3-5-9-15)16-10-6-7-11-17(16)24(13)19(27)20(21,22)23/h3-11,13,18H,12H2,1-2H3. The third-order valence-corrected chi connectivity index (χ3v) is 4.71. The van der Waals surface area contributed by atoms with Gasteiger partial charge in [0.25, 0.3) is 0 Å². The minimum absolute atomic E-state index is 0.186. The van der Waals surface area contributed by atoms with Crippen LogP contribution < -0.4 is 9.80 Å². The summed E-state index contributed by atoms with van der Waals surface area (Å²) in [5.74, 6) is -2.11. The Bertz CT molecular complexity index is 852. The van der Waals surface area contributed by atoms with Crippen LogP contribution in [0.2, 0.25) is 0 Å². The Kier molecular flexibility index (Phi) is 4.95. The zero-order chi connectivity index (χ0) is 19.8. The van der Waals surface area contributed by atoms with E-state index in [0.717, 1.165) is 4.90 Å². The number of alkyl halides is 3. The van der Waals surface area contributed by atoms with E-state index in [-0.39, 0.29) is 18.0 Å². The maximum absolute atomic E-state index is 13.1. The molecule has 2 aromatic carbocycles. The van der Waals surface area contributed by atoms with Crippen molar-refractivity contribution >= 4 is 23.2 Å². The molecule has 1 aliphatic rings. The molecule has 1 heterocycles. The number of amides is 2. The molecule has 0 fully saturated rings. The summed E-state index contributed by atoms with van der Waals surface area (Å²) < 4.78 is 39.3. The van der Waals surface area contributed by atoms with E-state index in [1.54, 1.807) is 54.3 Å². The molecule has 2 atom stereocenters. The fourth-order valence-corrected chi connectivity index (χ4v) is 3.64. The predicted octanol–water partition coefficient (Wildman–Crippen LogP) is 4.47. The summed E-state index contributed by atoms with van der Waals surface area (Å²) >= 11 is 0. The van der Waals surface area contributed by atoms with Gasteiger partial charge in [-0.15, -0.1) is 0 Å². The van der Waals surface area contributed by atoms with Crippen molar-refractivity contribution in [1.29, 1.82) is 0 Å². The molecule has 1 aliphatic heterocycles. The molecule has 0 saturated carbocycles. The van der Waals surface area contributed by atoms with Gasteiger partial charge in [-0.2, -0.15) is 13.2 Å². The summed E-state index contributed by atoms with van der Waals surface area (Å²) in [5.41, 5.74) is 1.37. The van der Waals surface area contributed by atoms with Crippen LogP contribution in [-0.4, -0.2) is 24.0 Å². The van der Waals surface area contributed by atoms with Crippen LogP contribution in [0.25, 0.3) is 0 Å². The van der Waals surface area contributed by atoms with E-state index >= 15 is 0 Å². The molecule has 0 N–H and O–H groups in total. The number of benzene rings is 2. The number of anilines is 2. The number of nitrogens with zero attached hydrogens (tertiary/aromatic N) is 2. The first-order valence-electron chi connectivity index (χ1n) is 8.56. The Morgan fingerprint density at radius 3 is 2.22 bits per heavy atom. The normalized spacial score (nSPS) is 19.4. The fraction of sp³-hybridized carbons (Fsp3) is 0.300. The highest BCUT2D eigenvalue weighted by atomic mass is 19.4. The first-order valence-corrected chi connectivity index (χ1v) is 8.56. The van der Waals surface area contributed by atoms with Crippen molar-refractivity contribution in [3.05, 3.63) is 60.2 Å². The first kappa shape index (κ1) is 18.9. The molecule has 7 heteroatoms. The monoisotopic (exact) mass is 376 g/mol. The largest absolute Gasteiger partial charge is 0.471 e. The molecule has 0 bridgehead atoms. The van der Waals surface area contributed by atoms with E-state index in [1.165, 1.54) is 13.0 Å². The molecule has 0 aromatic heterocycles. The molecule has 27 heavy (non-hydrogen) atoms. The summed E-state index contributed by atoms with van der Waals surface area (Å²) in [6.07, 6.45) is -4.76. The Labute approximate surface area is 155 Å². The summed E-state index contributed by atoms with van der Waals surface area (Å²) in [5, 5.41) is 0. The van der Waals surface area contributed by atoms with E-state index in [2.05, 4.69) is 0 Å². The van der Waals surface area contributed by atoms with Crippen LogP contribution in [0.15, 0.2) is 54.6 Å². The molecule has 3 rings (SSSR count). The average Bonchev–Trinajstić information content (AvgIpc) is 2.61. The number of carbonyl (C=O) groups is 2. The lowest BCUT2D eigenvalue weighted by Crippen LogP contribution is -2.51. The second-order valence-corrected chi connectivity index (χ2v) is 6.56. The number of carbonyl (C=O) groups excluding carboxylic acids is 2. The topological polar surface area (TPSA) is 40.6 Å². The molecule has 4 nitrogen and oxygen atoms in total. The highest BCUT2D eigenvalue weighted by Crippen LogP contribution is 2.43. The third-order valence-electron chi connectivity index (χ3n) is 4.71. The van der Waals surface area contributed by atoms with Crippen molar-refractivity contribution in [3.63, 3.8) is 0 Å². The molecule has 0 spiro atoms. The summed E-state index contributed by atoms with van der Waals surface area (Å²) in [6.45, 7) is 2.99. The van der Waals surface area contributed by atoms with Gasteiger partial charge in [0.05, 0.1) is 6.04 Å². The van der Waals surface area contributed by atoms with Gasteiger partial charge in [-0.25, -0.2) is 0 Å². The Morgan fingerprint density at radius 1 is 1.04 bits per heavy atom. The van der Waals surface area contributed by atoms with Gasteiger partial charge in [-0.3, -0.25) is 9.59 Å². The molecule has 2 aromatic rings. The zero-order valence-electron chi connectivity index (χ0n) is 14.9. The molecule has 0 radical (unpaired) electrons. The minimum atomic E-state index is -4.96. The molecule has 0 saturated heterocycles. The lowest BCUT2D eigenvalue weighted by molar-refractivity contribution is -0.171. The maximum atomic E-state index is 13.1. The van der Waals surface area contributed by atoms with Crippen molar-refractivity contribution in [3.8, 4) is 0 Å². The number of rotatable bonds is 2. The van der Waals surface area contributed by atoms with E-state index in [1.807, 2.05) is 6.07 Å². The Hall–Kier alpha value is -2.83. The van der Waals surface area contributed by atoms with Crippen molar-refractivity contribution in [2.24, 2.45) is 0 Å². The number of hydrogen-bond acceptors (Lipinski definition) is 2. The predicted molar refractivity (Wildman–Crippen MR) is 96.4 cm³/mol. The zero-order valence-corrected chi connectivity index (χ0v) is 14.9. The molecular weight excluding hydrogens is 357 g/mol. The van der Waals surface area contributed by atoms with Crippen LogP contribution in [-0.2, 0) is 9.59 Å². The third kappa shape index (κ3) is 3.54. The lowest BCUT2D eigenvalue weighted by atomic mass is 9.90. The van der Waals surface area contributed by atoms with Gasteiger partial charge < -0.3 is 9.80 Å². The van der Waals surface area contributed by atoms with Gasteiger partial charge in [0.15, 0.2) is 0 Å². The quantitative estimate of drug-likeness (QED) is 0.776. The number of para-hydroxylation sites is 2. The highest BCUT2D eigenvalue weighted by Gasteiger charge is 2.48. The second-order valence-electron chi connectivity index (χ2n) is 6.56. The minimum Gasteiger partial charge on any atom is -0.305 e. The van der Waals surface area contributed by atoms with Gasteiger partial charge in [-0.1, -0.05) is 36.4 Å². The van der Waals surface area contributed by atoms with Crippen LogP contribution in [0, 0.1) is 0 Å². The van der Waals surface area contributed by atoms with Crippen LogP contribution in [0.4, 0.5) is 24.5 Å². The number of hydrogen-bond donors (Lipinski definition) is 0. The fourth-order valence-electron chi connectivity index (χ4n) is 3.64. The average molecular weight is 376 g/mol. The highest BCUT2D eigenvalue weighted by molar-refractivity contribution is 6.00. The van der Waals surface area contributed by atoms with Crippen molar-refractivity contribution in [1.82, 2.24) is 0 Å². The summed E-state index contributed by atoms with van der Waals surface area (Å²) in [7, 11) is 0. The van der Waals surface area contributed by atoms with E-state index in [0.29, 0.717) is 11.3 Å². The van der Waals surface area contributed by atoms with Gasteiger partial charge in [0.2, 0.25) is 5.91 Å². The van der Waals surface area contributed by atoms with Gasteiger partial charge in [0.1, 0.15) is 0 Å². The van der Waals surface area contributed by atoms with Crippen LogP contribution >= 0.6 is 0 Å². The number of fused-ring (bicyclic) bond motifs is 1. The van der Waals surface area contributed by atoms with E-state index < -0.39 is 24.2 Å². The molecule has 2 amide bonds. The van der Waals surface area contributed by atoms with Crippen LogP contribution in [0.5, 0.6) is 0 Å². The molecule has 2 unspecified atom stereocenters. The smallest absolute Gasteiger partial charge is 0.305 e. The molecule has 142 valence electrons. The van der Waals surface area contributed by atoms with Gasteiger partial charge in [-0.05, 0) is 37.1 Å².